The summed E-state index contributed by atoms with van der Waals surface area (Å²) >= 11 is 3.38. The molecule has 6 heteroatoms. The third-order valence-electron chi connectivity index (χ3n) is 2.70. The van der Waals surface area contributed by atoms with Gasteiger partial charge in [-0.2, -0.15) is 0 Å². The van der Waals surface area contributed by atoms with Crippen LogP contribution in [0.4, 0.5) is 10.5 Å². The standard InChI is InChI=1S/C14H20BrN3O2/c1-3-4-7-16-14(20)18-13(19)9-17-12-6-5-11(15)8-10(12)2/h5-6,8,17H,3-4,7,9H2,1-2H3,(H2,16,18,19,20). The van der Waals surface area contributed by atoms with Crippen LogP contribution in [0.3, 0.4) is 0 Å². The van der Waals surface area contributed by atoms with Gasteiger partial charge in [0.15, 0.2) is 0 Å². The summed E-state index contributed by atoms with van der Waals surface area (Å²) in [5.41, 5.74) is 1.90. The number of imide groups is 1. The second-order valence-electron chi connectivity index (χ2n) is 4.47. The Morgan fingerprint density at radius 3 is 2.70 bits per heavy atom. The van der Waals surface area contributed by atoms with Crippen LogP contribution in [0.5, 0.6) is 0 Å². The van der Waals surface area contributed by atoms with Crippen LogP contribution < -0.4 is 16.0 Å². The van der Waals surface area contributed by atoms with E-state index in [-0.39, 0.29) is 12.5 Å². The highest BCUT2D eigenvalue weighted by molar-refractivity contribution is 9.10. The molecular weight excluding hydrogens is 322 g/mol. The number of carbonyl (C=O) groups excluding carboxylic acids is 2. The molecule has 0 bridgehead atoms. The van der Waals surface area contributed by atoms with Crippen molar-refractivity contribution in [3.63, 3.8) is 0 Å². The fourth-order valence-corrected chi connectivity index (χ4v) is 2.07. The molecule has 0 aliphatic carbocycles. The number of hydrogen-bond acceptors (Lipinski definition) is 3. The van der Waals surface area contributed by atoms with Crippen LogP contribution in [-0.2, 0) is 4.79 Å². The van der Waals surface area contributed by atoms with Gasteiger partial charge >= 0.3 is 6.03 Å². The Balaban J connectivity index is 2.34. The molecule has 0 saturated heterocycles. The summed E-state index contributed by atoms with van der Waals surface area (Å²) in [7, 11) is 0. The Kier molecular flexibility index (Phi) is 7.08. The van der Waals surface area contributed by atoms with Gasteiger partial charge in [0.25, 0.3) is 0 Å². The molecular formula is C14H20BrN3O2. The predicted molar refractivity (Wildman–Crippen MR) is 83.8 cm³/mol. The fourth-order valence-electron chi connectivity index (χ4n) is 1.59. The number of benzene rings is 1. The Morgan fingerprint density at radius 1 is 1.30 bits per heavy atom. The van der Waals surface area contributed by atoms with Crippen molar-refractivity contribution in [1.29, 1.82) is 0 Å². The molecule has 0 aliphatic heterocycles. The highest BCUT2D eigenvalue weighted by atomic mass is 79.9. The first-order valence-electron chi connectivity index (χ1n) is 6.60. The molecule has 3 amide bonds. The van der Waals surface area contributed by atoms with Crippen molar-refractivity contribution in [3.8, 4) is 0 Å². The van der Waals surface area contributed by atoms with E-state index in [4.69, 9.17) is 0 Å². The van der Waals surface area contributed by atoms with Crippen LogP contribution >= 0.6 is 15.9 Å². The van der Waals surface area contributed by atoms with Gasteiger partial charge in [-0.05, 0) is 37.1 Å². The fraction of sp³-hybridized carbons (Fsp3) is 0.429. The molecule has 0 unspecified atom stereocenters. The largest absolute Gasteiger partial charge is 0.376 e. The van der Waals surface area contributed by atoms with Crippen molar-refractivity contribution in [2.75, 3.05) is 18.4 Å². The van der Waals surface area contributed by atoms with E-state index >= 15 is 0 Å². The maximum absolute atomic E-state index is 11.6. The lowest BCUT2D eigenvalue weighted by molar-refractivity contribution is -0.118. The molecule has 0 aliphatic rings. The topological polar surface area (TPSA) is 70.2 Å². The van der Waals surface area contributed by atoms with E-state index in [9.17, 15) is 9.59 Å². The molecule has 0 fully saturated rings. The van der Waals surface area contributed by atoms with Crippen LogP contribution in [0.1, 0.15) is 25.3 Å². The van der Waals surface area contributed by atoms with E-state index < -0.39 is 6.03 Å². The third-order valence-corrected chi connectivity index (χ3v) is 3.19. The van der Waals surface area contributed by atoms with Gasteiger partial charge in [-0.1, -0.05) is 29.3 Å². The van der Waals surface area contributed by atoms with Gasteiger partial charge < -0.3 is 10.6 Å². The molecule has 5 nitrogen and oxygen atoms in total. The minimum atomic E-state index is -0.447. The number of anilines is 1. The molecule has 1 aromatic carbocycles. The van der Waals surface area contributed by atoms with Crippen LogP contribution in [0.15, 0.2) is 22.7 Å². The minimum absolute atomic E-state index is 0.0592. The lowest BCUT2D eigenvalue weighted by Gasteiger charge is -2.10. The molecule has 1 rings (SSSR count). The molecule has 0 heterocycles. The van der Waals surface area contributed by atoms with Crippen molar-refractivity contribution in [2.45, 2.75) is 26.7 Å². The Bertz CT molecular complexity index is 477. The van der Waals surface area contributed by atoms with Gasteiger partial charge in [0.2, 0.25) is 5.91 Å². The summed E-state index contributed by atoms with van der Waals surface area (Å²) in [5.74, 6) is -0.360. The van der Waals surface area contributed by atoms with Crippen molar-refractivity contribution in [3.05, 3.63) is 28.2 Å². The summed E-state index contributed by atoms with van der Waals surface area (Å²) in [5, 5.41) is 7.91. The number of carbonyl (C=O) groups is 2. The van der Waals surface area contributed by atoms with Gasteiger partial charge in [0.1, 0.15) is 0 Å². The number of urea groups is 1. The van der Waals surface area contributed by atoms with Gasteiger partial charge in [0, 0.05) is 16.7 Å². The summed E-state index contributed by atoms with van der Waals surface area (Å²) in [6.45, 7) is 4.62. The smallest absolute Gasteiger partial charge is 0.321 e. The average molecular weight is 342 g/mol. The van der Waals surface area contributed by atoms with Crippen molar-refractivity contribution >= 4 is 33.6 Å². The molecule has 3 N–H and O–H groups in total. The summed E-state index contributed by atoms with van der Waals surface area (Å²) in [6, 6.07) is 5.29. The summed E-state index contributed by atoms with van der Waals surface area (Å²) < 4.78 is 0.986. The Labute approximate surface area is 127 Å². The zero-order valence-electron chi connectivity index (χ0n) is 11.8. The van der Waals surface area contributed by atoms with Crippen LogP contribution in [0.2, 0.25) is 0 Å². The number of nitrogens with one attached hydrogen (secondary N) is 3. The lowest BCUT2D eigenvalue weighted by atomic mass is 10.2. The SMILES string of the molecule is CCCCNC(=O)NC(=O)CNc1ccc(Br)cc1C. The van der Waals surface area contributed by atoms with E-state index in [0.717, 1.165) is 28.6 Å². The molecule has 0 atom stereocenters. The van der Waals surface area contributed by atoms with Crippen molar-refractivity contribution < 1.29 is 9.59 Å². The maximum atomic E-state index is 11.6. The number of amides is 3. The molecule has 1 aromatic rings. The second-order valence-corrected chi connectivity index (χ2v) is 5.39. The molecule has 0 saturated carbocycles. The van der Waals surface area contributed by atoms with Gasteiger partial charge in [0.05, 0.1) is 6.54 Å². The Hall–Kier alpha value is -1.56. The molecule has 0 spiro atoms. The van der Waals surface area contributed by atoms with Crippen LogP contribution in [-0.4, -0.2) is 25.0 Å². The molecule has 0 aromatic heterocycles. The highest BCUT2D eigenvalue weighted by Gasteiger charge is 2.07. The van der Waals surface area contributed by atoms with Gasteiger partial charge in [-0.15, -0.1) is 0 Å². The molecule has 110 valence electrons. The van der Waals surface area contributed by atoms with Crippen molar-refractivity contribution in [2.24, 2.45) is 0 Å². The minimum Gasteiger partial charge on any atom is -0.376 e. The second kappa shape index (κ2) is 8.58. The predicted octanol–water partition coefficient (Wildman–Crippen LogP) is 2.80. The molecule has 20 heavy (non-hydrogen) atoms. The normalized spacial score (nSPS) is 9.95. The van der Waals surface area contributed by atoms with Gasteiger partial charge in [-0.25, -0.2) is 4.79 Å². The quantitative estimate of drug-likeness (QED) is 0.696. The van der Waals surface area contributed by atoms with Crippen LogP contribution in [0, 0.1) is 6.92 Å². The van der Waals surface area contributed by atoms with Gasteiger partial charge in [-0.3, -0.25) is 10.1 Å². The van der Waals surface area contributed by atoms with Crippen molar-refractivity contribution in [1.82, 2.24) is 10.6 Å². The number of aryl methyl sites for hydroxylation is 1. The Morgan fingerprint density at radius 2 is 2.05 bits per heavy atom. The third kappa shape index (κ3) is 6.06. The number of halogens is 1. The monoisotopic (exact) mass is 341 g/mol. The van der Waals surface area contributed by atoms with E-state index in [1.165, 1.54) is 0 Å². The van der Waals surface area contributed by atoms with E-state index in [1.54, 1.807) is 0 Å². The lowest BCUT2D eigenvalue weighted by Crippen LogP contribution is -2.42. The average Bonchev–Trinajstić information content (AvgIpc) is 2.38. The first-order valence-corrected chi connectivity index (χ1v) is 7.40. The summed E-state index contributed by atoms with van der Waals surface area (Å²) in [6.07, 6.45) is 1.90. The van der Waals surface area contributed by atoms with E-state index in [2.05, 4.69) is 31.9 Å². The molecule has 0 radical (unpaired) electrons. The maximum Gasteiger partial charge on any atom is 0.321 e. The number of hydrogen-bond donors (Lipinski definition) is 3. The first-order chi connectivity index (χ1) is 9.52. The zero-order valence-corrected chi connectivity index (χ0v) is 13.3. The number of unbranched alkanes of at least 4 members (excludes halogenated alkanes) is 1. The first kappa shape index (κ1) is 16.5. The van der Waals surface area contributed by atoms with Crippen LogP contribution in [0.25, 0.3) is 0 Å². The van der Waals surface area contributed by atoms with E-state index in [0.29, 0.717) is 6.54 Å². The summed E-state index contributed by atoms with van der Waals surface area (Å²) in [4.78, 5) is 23.0. The van der Waals surface area contributed by atoms with E-state index in [1.807, 2.05) is 32.0 Å². The zero-order chi connectivity index (χ0) is 15.0. The highest BCUT2D eigenvalue weighted by Crippen LogP contribution is 2.19. The number of rotatable bonds is 6.